The van der Waals surface area contributed by atoms with Crippen molar-refractivity contribution in [2.75, 3.05) is 0 Å². The summed E-state index contributed by atoms with van der Waals surface area (Å²) < 4.78 is 0. The lowest BCUT2D eigenvalue weighted by Gasteiger charge is -2.02. The molecule has 1 N–H and O–H groups in total. The molecule has 0 atom stereocenters. The van der Waals surface area contributed by atoms with Crippen molar-refractivity contribution >= 4 is 5.97 Å². The third-order valence-corrected chi connectivity index (χ3v) is 3.49. The van der Waals surface area contributed by atoms with Gasteiger partial charge in [-0.3, -0.25) is 4.79 Å². The van der Waals surface area contributed by atoms with Crippen LogP contribution in [0.5, 0.6) is 0 Å². The highest BCUT2D eigenvalue weighted by Crippen LogP contribution is 2.12. The lowest BCUT2D eigenvalue weighted by Crippen LogP contribution is -1.93. The van der Waals surface area contributed by atoms with E-state index in [2.05, 4.69) is 6.92 Å². The Balaban J connectivity index is 0. The Labute approximate surface area is 115 Å². The molecule has 0 radical (unpaired) electrons. The van der Waals surface area contributed by atoms with Gasteiger partial charge in [-0.15, -0.1) is 0 Å². The van der Waals surface area contributed by atoms with Gasteiger partial charge in [0.15, 0.2) is 0 Å². The van der Waals surface area contributed by atoms with Gasteiger partial charge < -0.3 is 5.11 Å². The fourth-order valence-electron chi connectivity index (χ4n) is 2.29. The normalized spacial score (nSPS) is 10.7. The molecule has 0 aliphatic carbocycles. The SMILES string of the molecule is CCCCCCCCCCCCCCCC(=O)O.[HH]. The van der Waals surface area contributed by atoms with Crippen molar-refractivity contribution in [3.8, 4) is 0 Å². The highest BCUT2D eigenvalue weighted by molar-refractivity contribution is 5.66. The predicted molar refractivity (Wildman–Crippen MR) is 80.1 cm³/mol. The fraction of sp³-hybridized carbons (Fsp3) is 0.938. The monoisotopic (exact) mass is 258 g/mol. The van der Waals surface area contributed by atoms with Gasteiger partial charge in [0.05, 0.1) is 0 Å². The zero-order valence-electron chi connectivity index (χ0n) is 12.3. The Kier molecular flexibility index (Phi) is 14.1. The molecule has 0 aliphatic heterocycles. The smallest absolute Gasteiger partial charge is 0.303 e. The Morgan fingerprint density at radius 3 is 1.39 bits per heavy atom. The van der Waals surface area contributed by atoms with Crippen molar-refractivity contribution in [1.82, 2.24) is 0 Å². The summed E-state index contributed by atoms with van der Waals surface area (Å²) >= 11 is 0. The van der Waals surface area contributed by atoms with Gasteiger partial charge in [-0.2, -0.15) is 0 Å². The van der Waals surface area contributed by atoms with E-state index in [-0.39, 0.29) is 1.43 Å². The van der Waals surface area contributed by atoms with Crippen molar-refractivity contribution in [3.63, 3.8) is 0 Å². The molecule has 0 saturated carbocycles. The lowest BCUT2D eigenvalue weighted by atomic mass is 10.0. The molecule has 110 valence electrons. The molecule has 0 aromatic heterocycles. The van der Waals surface area contributed by atoms with E-state index in [0.717, 1.165) is 12.8 Å². The minimum atomic E-state index is -0.655. The van der Waals surface area contributed by atoms with Gasteiger partial charge in [0.2, 0.25) is 0 Å². The molecule has 2 nitrogen and oxygen atoms in total. The maximum Gasteiger partial charge on any atom is 0.303 e. The first-order valence-electron chi connectivity index (χ1n) is 7.99. The van der Waals surface area contributed by atoms with Crippen LogP contribution in [0.15, 0.2) is 0 Å². The van der Waals surface area contributed by atoms with Crippen LogP contribution in [-0.2, 0) is 4.79 Å². The van der Waals surface area contributed by atoms with E-state index in [9.17, 15) is 4.79 Å². The van der Waals surface area contributed by atoms with Crippen LogP contribution in [0.1, 0.15) is 98.2 Å². The largest absolute Gasteiger partial charge is 0.481 e. The number of rotatable bonds is 14. The minimum absolute atomic E-state index is 0. The number of hydrogen-bond acceptors (Lipinski definition) is 1. The van der Waals surface area contributed by atoms with Crippen LogP contribution in [0.2, 0.25) is 0 Å². The number of carbonyl (C=O) groups is 1. The summed E-state index contributed by atoms with van der Waals surface area (Å²) in [6.07, 6.45) is 17.3. The quantitative estimate of drug-likeness (QED) is 0.400. The zero-order valence-corrected chi connectivity index (χ0v) is 12.3. The van der Waals surface area contributed by atoms with Crippen molar-refractivity contribution in [1.29, 1.82) is 0 Å². The van der Waals surface area contributed by atoms with Crippen molar-refractivity contribution in [2.24, 2.45) is 0 Å². The second-order valence-corrected chi connectivity index (χ2v) is 5.39. The highest BCUT2D eigenvalue weighted by Gasteiger charge is 1.96. The lowest BCUT2D eigenvalue weighted by molar-refractivity contribution is -0.137. The number of hydrogen-bond donors (Lipinski definition) is 1. The average Bonchev–Trinajstić information content (AvgIpc) is 2.34. The average molecular weight is 258 g/mol. The summed E-state index contributed by atoms with van der Waals surface area (Å²) in [5, 5.41) is 8.49. The number of carboxylic acid groups (broad SMARTS) is 1. The van der Waals surface area contributed by atoms with Gasteiger partial charge in [-0.25, -0.2) is 0 Å². The van der Waals surface area contributed by atoms with E-state index in [1.54, 1.807) is 0 Å². The van der Waals surface area contributed by atoms with Crippen molar-refractivity contribution in [2.45, 2.75) is 96.8 Å². The van der Waals surface area contributed by atoms with Gasteiger partial charge in [0.25, 0.3) is 0 Å². The minimum Gasteiger partial charge on any atom is -0.481 e. The molecule has 0 saturated heterocycles. The molecule has 0 spiro atoms. The van der Waals surface area contributed by atoms with Crippen molar-refractivity contribution in [3.05, 3.63) is 0 Å². The molecule has 0 heterocycles. The summed E-state index contributed by atoms with van der Waals surface area (Å²) in [5.41, 5.74) is 0. The third-order valence-electron chi connectivity index (χ3n) is 3.49. The van der Waals surface area contributed by atoms with Crippen LogP contribution < -0.4 is 0 Å². The maximum absolute atomic E-state index is 10.3. The Morgan fingerprint density at radius 1 is 0.722 bits per heavy atom. The summed E-state index contributed by atoms with van der Waals surface area (Å²) in [6, 6.07) is 0. The Bertz CT molecular complexity index is 184. The molecule has 0 fully saturated rings. The van der Waals surface area contributed by atoms with E-state index in [1.165, 1.54) is 70.6 Å². The van der Waals surface area contributed by atoms with E-state index in [1.807, 2.05) is 0 Å². The van der Waals surface area contributed by atoms with Gasteiger partial charge in [0, 0.05) is 7.85 Å². The standard InChI is InChI=1S/C16H32O2.H2/c1-2-3-4-5-6-7-8-9-10-11-12-13-14-15-16(17)18;/h2-15H2,1H3,(H,17,18);1H. The van der Waals surface area contributed by atoms with Crippen LogP contribution in [0, 0.1) is 0 Å². The van der Waals surface area contributed by atoms with Gasteiger partial charge >= 0.3 is 5.97 Å². The van der Waals surface area contributed by atoms with Crippen LogP contribution in [0.4, 0.5) is 0 Å². The van der Waals surface area contributed by atoms with Crippen molar-refractivity contribution < 1.29 is 11.3 Å². The van der Waals surface area contributed by atoms with E-state index >= 15 is 0 Å². The predicted octanol–water partition coefficient (Wildman–Crippen LogP) is 5.80. The molecule has 0 rings (SSSR count). The molecule has 18 heavy (non-hydrogen) atoms. The van der Waals surface area contributed by atoms with Gasteiger partial charge in [-0.1, -0.05) is 84.0 Å². The van der Waals surface area contributed by atoms with Crippen LogP contribution >= 0.6 is 0 Å². The summed E-state index contributed by atoms with van der Waals surface area (Å²) in [5.74, 6) is -0.655. The van der Waals surface area contributed by atoms with E-state index < -0.39 is 5.97 Å². The first kappa shape index (κ1) is 17.5. The zero-order chi connectivity index (χ0) is 13.5. The summed E-state index contributed by atoms with van der Waals surface area (Å²) in [7, 11) is 0. The van der Waals surface area contributed by atoms with Gasteiger partial charge in [-0.05, 0) is 6.42 Å². The second-order valence-electron chi connectivity index (χ2n) is 5.39. The molecule has 0 amide bonds. The first-order chi connectivity index (χ1) is 8.77. The molecular weight excluding hydrogens is 224 g/mol. The molecule has 0 aliphatic rings. The number of carboxylic acids is 1. The van der Waals surface area contributed by atoms with E-state index in [0.29, 0.717) is 6.42 Å². The van der Waals surface area contributed by atoms with Gasteiger partial charge in [0.1, 0.15) is 0 Å². The molecule has 0 unspecified atom stereocenters. The van der Waals surface area contributed by atoms with E-state index in [4.69, 9.17) is 5.11 Å². The van der Waals surface area contributed by atoms with Crippen LogP contribution in [0.25, 0.3) is 0 Å². The Morgan fingerprint density at radius 2 is 1.06 bits per heavy atom. The number of unbranched alkanes of at least 4 members (excludes halogenated alkanes) is 12. The highest BCUT2D eigenvalue weighted by atomic mass is 16.4. The first-order valence-corrected chi connectivity index (χ1v) is 7.99. The third kappa shape index (κ3) is 15.5. The fourth-order valence-corrected chi connectivity index (χ4v) is 2.29. The molecule has 0 aromatic carbocycles. The summed E-state index contributed by atoms with van der Waals surface area (Å²) in [4.78, 5) is 10.3. The maximum atomic E-state index is 10.3. The molecule has 0 bridgehead atoms. The Hall–Kier alpha value is -0.530. The summed E-state index contributed by atoms with van der Waals surface area (Å²) in [6.45, 7) is 2.26. The molecule has 0 aromatic rings. The van der Waals surface area contributed by atoms with Crippen LogP contribution in [-0.4, -0.2) is 11.1 Å². The van der Waals surface area contributed by atoms with Crippen LogP contribution in [0.3, 0.4) is 0 Å². The molecular formula is C16H34O2. The topological polar surface area (TPSA) is 37.3 Å². The second kappa shape index (κ2) is 14.5. The number of aliphatic carboxylic acids is 1. The molecule has 2 heteroatoms.